The van der Waals surface area contributed by atoms with Gasteiger partial charge in [-0.25, -0.2) is 0 Å². The summed E-state index contributed by atoms with van der Waals surface area (Å²) in [5.74, 6) is -1.00. The van der Waals surface area contributed by atoms with Crippen LogP contribution in [0.1, 0.15) is 21.7 Å². The van der Waals surface area contributed by atoms with Crippen LogP contribution in [0.3, 0.4) is 0 Å². The number of carbonyl (C=O) groups excluding carboxylic acids is 2. The molecule has 1 unspecified atom stereocenters. The number of nitrogens with zero attached hydrogens (tertiary/aromatic N) is 1. The monoisotopic (exact) mass is 349 g/mol. The van der Waals surface area contributed by atoms with Gasteiger partial charge in [0.2, 0.25) is 6.10 Å². The Morgan fingerprint density at radius 2 is 2.09 bits per heavy atom. The van der Waals surface area contributed by atoms with Gasteiger partial charge in [-0.3, -0.25) is 9.59 Å². The van der Waals surface area contributed by atoms with Crippen LogP contribution in [0.2, 0.25) is 4.34 Å². The van der Waals surface area contributed by atoms with Crippen molar-refractivity contribution in [1.82, 2.24) is 0 Å². The summed E-state index contributed by atoms with van der Waals surface area (Å²) in [6.07, 6.45) is -0.423. The van der Waals surface area contributed by atoms with E-state index >= 15 is 0 Å². The summed E-state index contributed by atoms with van der Waals surface area (Å²) in [5, 5.41) is 6.59. The van der Waals surface area contributed by atoms with Crippen molar-refractivity contribution in [3.05, 3.63) is 51.2 Å². The van der Waals surface area contributed by atoms with Crippen LogP contribution in [-0.4, -0.2) is 23.6 Å². The van der Waals surface area contributed by atoms with Gasteiger partial charge in [0, 0.05) is 6.42 Å². The first-order chi connectivity index (χ1) is 11.0. The van der Waals surface area contributed by atoms with Gasteiger partial charge in [-0.05, 0) is 24.3 Å². The third-order valence-corrected chi connectivity index (χ3v) is 4.55. The van der Waals surface area contributed by atoms with Gasteiger partial charge in [0.25, 0.3) is 11.8 Å². The summed E-state index contributed by atoms with van der Waals surface area (Å²) >= 11 is 7.26. The van der Waals surface area contributed by atoms with Gasteiger partial charge in [-0.2, -0.15) is 0 Å². The van der Waals surface area contributed by atoms with E-state index in [2.05, 4.69) is 10.5 Å². The van der Waals surface area contributed by atoms with Crippen molar-refractivity contribution >= 4 is 46.2 Å². The van der Waals surface area contributed by atoms with Crippen molar-refractivity contribution in [2.75, 3.05) is 5.32 Å². The lowest BCUT2D eigenvalue weighted by Gasteiger charge is -2.11. The second-order valence-electron chi connectivity index (χ2n) is 4.84. The minimum absolute atomic E-state index is 0.241. The molecule has 0 radical (unpaired) electrons. The zero-order valence-electron chi connectivity index (χ0n) is 11.8. The van der Waals surface area contributed by atoms with E-state index in [4.69, 9.17) is 22.2 Å². The molecule has 0 spiro atoms. The van der Waals surface area contributed by atoms with Crippen LogP contribution >= 0.6 is 22.9 Å². The number of thiophene rings is 1. The third kappa shape index (κ3) is 3.35. The van der Waals surface area contributed by atoms with Crippen LogP contribution in [0.5, 0.6) is 0 Å². The number of halogens is 1. The molecular weight excluding hydrogens is 338 g/mol. The predicted molar refractivity (Wildman–Crippen MR) is 88.9 cm³/mol. The van der Waals surface area contributed by atoms with E-state index in [9.17, 15) is 9.59 Å². The fourth-order valence-electron chi connectivity index (χ4n) is 2.15. The normalized spacial score (nSPS) is 16.6. The molecule has 0 fully saturated rings. The zero-order chi connectivity index (χ0) is 16.4. The number of rotatable bonds is 4. The molecule has 2 aromatic rings. The number of nitrogens with two attached hydrogens (primary N) is 1. The van der Waals surface area contributed by atoms with E-state index < -0.39 is 12.0 Å². The highest BCUT2D eigenvalue weighted by molar-refractivity contribution is 7.18. The van der Waals surface area contributed by atoms with E-state index in [0.29, 0.717) is 22.2 Å². The molecule has 0 bridgehead atoms. The Morgan fingerprint density at radius 1 is 1.30 bits per heavy atom. The average Bonchev–Trinajstić information content (AvgIpc) is 3.16. The Balaban J connectivity index is 1.68. The number of anilines is 1. The molecule has 1 aromatic heterocycles. The number of hydrogen-bond acceptors (Lipinski definition) is 5. The maximum atomic E-state index is 12.3. The summed E-state index contributed by atoms with van der Waals surface area (Å²) in [7, 11) is 0. The number of oxime groups is 1. The summed E-state index contributed by atoms with van der Waals surface area (Å²) in [6, 6.07) is 10.1. The molecule has 1 aliphatic heterocycles. The Labute approximate surface area is 140 Å². The minimum Gasteiger partial charge on any atom is -0.382 e. The number of amides is 2. The van der Waals surface area contributed by atoms with Gasteiger partial charge >= 0.3 is 0 Å². The Bertz CT molecular complexity index is 803. The summed E-state index contributed by atoms with van der Waals surface area (Å²) in [5.41, 5.74) is 6.55. The number of hydrogen-bond donors (Lipinski definition) is 2. The molecule has 1 aliphatic rings. The smallest absolute Gasteiger partial charge is 0.268 e. The second-order valence-corrected chi connectivity index (χ2v) is 6.55. The van der Waals surface area contributed by atoms with E-state index in [1.54, 1.807) is 30.3 Å². The van der Waals surface area contributed by atoms with Crippen molar-refractivity contribution in [2.45, 2.75) is 12.5 Å². The van der Waals surface area contributed by atoms with Crippen LogP contribution in [0.25, 0.3) is 0 Å². The van der Waals surface area contributed by atoms with Crippen molar-refractivity contribution in [3.63, 3.8) is 0 Å². The molecule has 1 aromatic carbocycles. The van der Waals surface area contributed by atoms with E-state index in [0.717, 1.165) is 4.88 Å². The van der Waals surface area contributed by atoms with Crippen molar-refractivity contribution < 1.29 is 14.4 Å². The van der Waals surface area contributed by atoms with Gasteiger partial charge in [-0.1, -0.05) is 28.9 Å². The highest BCUT2D eigenvalue weighted by atomic mass is 35.5. The molecule has 0 aliphatic carbocycles. The number of benzene rings is 1. The summed E-state index contributed by atoms with van der Waals surface area (Å²) in [4.78, 5) is 29.7. The highest BCUT2D eigenvalue weighted by Crippen LogP contribution is 2.27. The van der Waals surface area contributed by atoms with Crippen LogP contribution in [0, 0.1) is 0 Å². The fraction of sp³-hybridized carbons (Fsp3) is 0.133. The SMILES string of the molecule is NC(=O)c1ccccc1NC(=O)C1CC(c2ccc(Cl)s2)=NO1. The molecule has 1 atom stereocenters. The average molecular weight is 350 g/mol. The lowest BCUT2D eigenvalue weighted by atomic mass is 10.1. The maximum absolute atomic E-state index is 12.3. The van der Waals surface area contributed by atoms with E-state index in [-0.39, 0.29) is 11.5 Å². The molecule has 118 valence electrons. The maximum Gasteiger partial charge on any atom is 0.268 e. The first kappa shape index (κ1) is 15.5. The Kier molecular flexibility index (Phi) is 4.31. The van der Waals surface area contributed by atoms with Gasteiger partial charge in [0.05, 0.1) is 20.5 Å². The van der Waals surface area contributed by atoms with Crippen molar-refractivity contribution in [1.29, 1.82) is 0 Å². The largest absolute Gasteiger partial charge is 0.382 e. The molecule has 2 amide bonds. The molecule has 2 heterocycles. The second kappa shape index (κ2) is 6.39. The number of para-hydroxylation sites is 1. The Hall–Kier alpha value is -2.38. The molecule has 0 saturated carbocycles. The van der Waals surface area contributed by atoms with E-state index in [1.165, 1.54) is 11.3 Å². The summed E-state index contributed by atoms with van der Waals surface area (Å²) < 4.78 is 0.644. The molecule has 6 nitrogen and oxygen atoms in total. The number of primary amides is 1. The molecule has 3 rings (SSSR count). The quantitative estimate of drug-likeness (QED) is 0.888. The molecular formula is C15H12ClN3O3S. The lowest BCUT2D eigenvalue weighted by molar-refractivity contribution is -0.125. The lowest BCUT2D eigenvalue weighted by Crippen LogP contribution is -2.29. The van der Waals surface area contributed by atoms with Gasteiger partial charge in [-0.15, -0.1) is 11.3 Å². The summed E-state index contributed by atoms with van der Waals surface area (Å²) in [6.45, 7) is 0. The van der Waals surface area contributed by atoms with Gasteiger partial charge in [0.1, 0.15) is 5.71 Å². The van der Waals surface area contributed by atoms with E-state index in [1.807, 2.05) is 6.07 Å². The fourth-order valence-corrected chi connectivity index (χ4v) is 3.19. The number of nitrogens with one attached hydrogen (secondary N) is 1. The first-order valence-corrected chi connectivity index (χ1v) is 7.92. The van der Waals surface area contributed by atoms with Crippen LogP contribution in [-0.2, 0) is 9.63 Å². The Morgan fingerprint density at radius 3 is 2.78 bits per heavy atom. The molecule has 3 N–H and O–H groups in total. The number of carbonyl (C=O) groups is 2. The molecule has 23 heavy (non-hydrogen) atoms. The van der Waals surface area contributed by atoms with Gasteiger partial charge < -0.3 is 15.9 Å². The molecule has 8 heteroatoms. The third-order valence-electron chi connectivity index (χ3n) is 3.27. The van der Waals surface area contributed by atoms with Crippen molar-refractivity contribution in [3.8, 4) is 0 Å². The highest BCUT2D eigenvalue weighted by Gasteiger charge is 2.30. The topological polar surface area (TPSA) is 93.8 Å². The molecule has 0 saturated heterocycles. The van der Waals surface area contributed by atoms with Crippen LogP contribution in [0.15, 0.2) is 41.6 Å². The standard InChI is InChI=1S/C15H12ClN3O3S/c16-13-6-5-12(23-13)10-7-11(22-19-10)15(21)18-9-4-2-1-3-8(9)14(17)20/h1-6,11H,7H2,(H2,17,20)(H,18,21). The van der Waals surface area contributed by atoms with Gasteiger partial charge in [0.15, 0.2) is 0 Å². The minimum atomic E-state index is -0.758. The first-order valence-electron chi connectivity index (χ1n) is 6.72. The van der Waals surface area contributed by atoms with Crippen molar-refractivity contribution in [2.24, 2.45) is 10.9 Å². The predicted octanol–water partition coefficient (Wildman–Crippen LogP) is 2.63. The zero-order valence-corrected chi connectivity index (χ0v) is 13.4. The van der Waals surface area contributed by atoms with Crippen LogP contribution < -0.4 is 11.1 Å². The van der Waals surface area contributed by atoms with Crippen LogP contribution in [0.4, 0.5) is 5.69 Å².